The summed E-state index contributed by atoms with van der Waals surface area (Å²) in [6.45, 7) is -0.495. The van der Waals surface area contributed by atoms with Crippen molar-refractivity contribution < 1.29 is 28.2 Å². The number of anilines is 1. The summed E-state index contributed by atoms with van der Waals surface area (Å²) in [5, 5.41) is 4.46. The van der Waals surface area contributed by atoms with Crippen LogP contribution in [0.1, 0.15) is 10.4 Å². The summed E-state index contributed by atoms with van der Waals surface area (Å²) in [6, 6.07) is 14.2. The molecule has 0 saturated heterocycles. The number of amides is 1. The van der Waals surface area contributed by atoms with Crippen LogP contribution in [-0.2, 0) is 14.3 Å². The first-order chi connectivity index (χ1) is 15.0. The molecule has 0 radical (unpaired) electrons. The predicted molar refractivity (Wildman–Crippen MR) is 118 cm³/mol. The van der Waals surface area contributed by atoms with Crippen LogP contribution in [0, 0.1) is 5.82 Å². The van der Waals surface area contributed by atoms with E-state index in [1.54, 1.807) is 48.5 Å². The van der Waals surface area contributed by atoms with Crippen LogP contribution in [0.4, 0.5) is 10.1 Å². The molecule has 0 fully saturated rings. The molecule has 0 aliphatic carbocycles. The Morgan fingerprint density at radius 2 is 1.84 bits per heavy atom. The Labute approximate surface area is 182 Å². The average Bonchev–Trinajstić information content (AvgIpc) is 3.31. The fourth-order valence-electron chi connectivity index (χ4n) is 2.70. The highest BCUT2D eigenvalue weighted by Crippen LogP contribution is 2.29. The van der Waals surface area contributed by atoms with Crippen LogP contribution in [0.25, 0.3) is 11.6 Å². The number of hydrogen-bond donors (Lipinski definition) is 1. The van der Waals surface area contributed by atoms with Gasteiger partial charge in [-0.25, -0.2) is 9.18 Å². The van der Waals surface area contributed by atoms with Gasteiger partial charge in [-0.05, 0) is 47.4 Å². The van der Waals surface area contributed by atoms with Crippen molar-refractivity contribution in [1.82, 2.24) is 0 Å². The molecule has 160 valence electrons. The molecule has 1 amide bonds. The van der Waals surface area contributed by atoms with Crippen LogP contribution >= 0.6 is 11.3 Å². The third-order valence-electron chi connectivity index (χ3n) is 4.20. The lowest BCUT2D eigenvalue weighted by Gasteiger charge is -2.12. The molecule has 1 N–H and O–H groups in total. The minimum Gasteiger partial charge on any atom is -0.497 e. The summed E-state index contributed by atoms with van der Waals surface area (Å²) < 4.78 is 28.8. The largest absolute Gasteiger partial charge is 0.497 e. The third-order valence-corrected chi connectivity index (χ3v) is 5.11. The van der Waals surface area contributed by atoms with E-state index >= 15 is 0 Å². The molecular formula is C23H20FNO5S. The normalized spacial score (nSPS) is 11.0. The first kappa shape index (κ1) is 22.0. The van der Waals surface area contributed by atoms with Gasteiger partial charge >= 0.3 is 5.97 Å². The maximum atomic E-state index is 13.2. The number of carbonyl (C=O) groups excluding carboxylic acids is 2. The van der Waals surface area contributed by atoms with Crippen molar-refractivity contribution >= 4 is 40.5 Å². The lowest BCUT2D eigenvalue weighted by Crippen LogP contribution is -2.21. The molecule has 1 aromatic heterocycles. The van der Waals surface area contributed by atoms with Crippen molar-refractivity contribution in [1.29, 1.82) is 0 Å². The second-order valence-electron chi connectivity index (χ2n) is 6.28. The van der Waals surface area contributed by atoms with Gasteiger partial charge in [0.2, 0.25) is 0 Å². The summed E-state index contributed by atoms with van der Waals surface area (Å²) in [7, 11) is 2.99. The Morgan fingerprint density at radius 1 is 1.06 bits per heavy atom. The fourth-order valence-corrected chi connectivity index (χ4v) is 3.43. The van der Waals surface area contributed by atoms with Crippen LogP contribution in [-0.4, -0.2) is 32.7 Å². The molecule has 3 aromatic rings. The smallest absolute Gasteiger partial charge is 0.340 e. The number of nitrogens with one attached hydrogen (secondary N) is 1. The van der Waals surface area contributed by atoms with Crippen molar-refractivity contribution in [3.05, 3.63) is 76.2 Å². The number of esters is 1. The molecule has 0 atom stereocenters. The summed E-state index contributed by atoms with van der Waals surface area (Å²) in [5.41, 5.74) is 1.30. The van der Waals surface area contributed by atoms with E-state index in [1.807, 2.05) is 5.38 Å². The van der Waals surface area contributed by atoms with Crippen molar-refractivity contribution in [2.24, 2.45) is 0 Å². The number of methoxy groups -OCH3 is 2. The van der Waals surface area contributed by atoms with Crippen LogP contribution in [0.5, 0.6) is 11.5 Å². The van der Waals surface area contributed by atoms with Gasteiger partial charge in [-0.2, -0.15) is 0 Å². The predicted octanol–water partition coefficient (Wildman–Crippen LogP) is 4.63. The molecule has 1 heterocycles. The zero-order valence-electron chi connectivity index (χ0n) is 16.9. The molecule has 8 heteroatoms. The minimum absolute atomic E-state index is 0.272. The number of carbonyl (C=O) groups is 2. The average molecular weight is 441 g/mol. The quantitative estimate of drug-likeness (QED) is 0.408. The molecular weight excluding hydrogens is 421 g/mol. The molecule has 0 aliphatic rings. The molecule has 3 rings (SSSR count). The first-order valence-electron chi connectivity index (χ1n) is 9.20. The van der Waals surface area contributed by atoms with Gasteiger partial charge in [0.15, 0.2) is 6.61 Å². The summed E-state index contributed by atoms with van der Waals surface area (Å²) in [5.74, 6) is -0.597. The van der Waals surface area contributed by atoms with Gasteiger partial charge in [-0.15, -0.1) is 11.3 Å². The second-order valence-corrected chi connectivity index (χ2v) is 7.23. The number of rotatable bonds is 8. The molecule has 0 spiro atoms. The summed E-state index contributed by atoms with van der Waals surface area (Å²) >= 11 is 1.35. The minimum atomic E-state index is -0.667. The first-order valence-corrected chi connectivity index (χ1v) is 10.1. The Balaban J connectivity index is 1.71. The number of hydrogen-bond acceptors (Lipinski definition) is 6. The summed E-state index contributed by atoms with van der Waals surface area (Å²) in [4.78, 5) is 25.7. The van der Waals surface area contributed by atoms with Gasteiger partial charge in [-0.1, -0.05) is 18.2 Å². The highest BCUT2D eigenvalue weighted by atomic mass is 32.1. The molecule has 0 bridgehead atoms. The third kappa shape index (κ3) is 5.93. The topological polar surface area (TPSA) is 73.9 Å². The molecule has 0 aliphatic heterocycles. The van der Waals surface area contributed by atoms with E-state index in [-0.39, 0.29) is 11.4 Å². The number of thiophene rings is 1. The Morgan fingerprint density at radius 3 is 2.48 bits per heavy atom. The summed E-state index contributed by atoms with van der Waals surface area (Å²) in [6.07, 6.45) is 1.59. The van der Waals surface area contributed by atoms with E-state index in [1.165, 1.54) is 37.7 Å². The standard InChI is InChI=1S/C23H20FNO5S/c1-28-17-9-10-20(29-2)19(13-17)25-22(26)14-30-23(27)18(21-4-3-11-31-21)12-15-5-7-16(24)8-6-15/h3-13H,14H2,1-2H3,(H,25,26). The maximum Gasteiger partial charge on any atom is 0.340 e. The molecule has 0 unspecified atom stereocenters. The van der Waals surface area contributed by atoms with E-state index in [0.717, 1.165) is 0 Å². The van der Waals surface area contributed by atoms with Gasteiger partial charge < -0.3 is 19.5 Å². The monoisotopic (exact) mass is 441 g/mol. The van der Waals surface area contributed by atoms with E-state index < -0.39 is 18.5 Å². The van der Waals surface area contributed by atoms with Crippen LogP contribution in [0.3, 0.4) is 0 Å². The van der Waals surface area contributed by atoms with Crippen LogP contribution in [0.15, 0.2) is 60.0 Å². The molecule has 31 heavy (non-hydrogen) atoms. The van der Waals surface area contributed by atoms with Crippen molar-refractivity contribution in [3.63, 3.8) is 0 Å². The Hall–Kier alpha value is -3.65. The number of benzene rings is 2. The van der Waals surface area contributed by atoms with Gasteiger partial charge in [0.05, 0.1) is 25.5 Å². The van der Waals surface area contributed by atoms with Crippen molar-refractivity contribution in [3.8, 4) is 11.5 Å². The Bertz CT molecular complexity index is 1080. The SMILES string of the molecule is COc1ccc(OC)c(NC(=O)COC(=O)C(=Cc2ccc(F)cc2)c2cccs2)c1. The number of halogens is 1. The van der Waals surface area contributed by atoms with E-state index in [2.05, 4.69) is 5.32 Å². The van der Waals surface area contributed by atoms with E-state index in [9.17, 15) is 14.0 Å². The van der Waals surface area contributed by atoms with E-state index in [4.69, 9.17) is 14.2 Å². The van der Waals surface area contributed by atoms with Gasteiger partial charge in [-0.3, -0.25) is 4.79 Å². The fraction of sp³-hybridized carbons (Fsp3) is 0.130. The zero-order chi connectivity index (χ0) is 22.2. The lowest BCUT2D eigenvalue weighted by atomic mass is 10.1. The molecule has 6 nitrogen and oxygen atoms in total. The molecule has 0 saturated carbocycles. The van der Waals surface area contributed by atoms with Gasteiger partial charge in [0.25, 0.3) is 5.91 Å². The zero-order valence-corrected chi connectivity index (χ0v) is 17.7. The van der Waals surface area contributed by atoms with Crippen molar-refractivity contribution in [2.75, 3.05) is 26.1 Å². The second kappa shape index (κ2) is 10.4. The molecule has 2 aromatic carbocycles. The highest BCUT2D eigenvalue weighted by molar-refractivity contribution is 7.11. The van der Waals surface area contributed by atoms with Gasteiger partial charge in [0, 0.05) is 10.9 Å². The maximum absolute atomic E-state index is 13.2. The Kier molecular flexibility index (Phi) is 7.40. The number of ether oxygens (including phenoxy) is 3. The van der Waals surface area contributed by atoms with Gasteiger partial charge in [0.1, 0.15) is 17.3 Å². The highest BCUT2D eigenvalue weighted by Gasteiger charge is 2.17. The van der Waals surface area contributed by atoms with Crippen LogP contribution in [0.2, 0.25) is 0 Å². The van der Waals surface area contributed by atoms with Crippen molar-refractivity contribution in [2.45, 2.75) is 0 Å². The van der Waals surface area contributed by atoms with E-state index in [0.29, 0.717) is 27.6 Å². The van der Waals surface area contributed by atoms with Crippen LogP contribution < -0.4 is 14.8 Å². The lowest BCUT2D eigenvalue weighted by molar-refractivity contribution is -0.141.